The molecule has 94 valence electrons. The molecule has 3 heterocycles. The lowest BCUT2D eigenvalue weighted by Crippen LogP contribution is -2.16. The lowest BCUT2D eigenvalue weighted by atomic mass is 10.1. The molecular weight excluding hydrogens is 230 g/mol. The molecule has 0 spiro atoms. The lowest BCUT2D eigenvalue weighted by Gasteiger charge is -2.13. The maximum Gasteiger partial charge on any atom is 0.178 e. The summed E-state index contributed by atoms with van der Waals surface area (Å²) in [5.74, 6) is 1.35. The SMILES string of the molecule is c1cnc(-n2cncn2)c(NCC2CCOC2)c1. The zero-order chi connectivity index (χ0) is 12.2. The standard InChI is InChI=1S/C12H15N5O/c1-2-11(15-6-10-3-5-18-7-10)12(14-4-1)17-9-13-8-16-17/h1-2,4,8-10,15H,3,5-7H2. The molecule has 0 bridgehead atoms. The van der Waals surface area contributed by atoms with Crippen molar-refractivity contribution in [3.8, 4) is 5.82 Å². The molecule has 0 aliphatic carbocycles. The van der Waals surface area contributed by atoms with Crippen molar-refractivity contribution in [2.75, 3.05) is 25.1 Å². The van der Waals surface area contributed by atoms with E-state index < -0.39 is 0 Å². The van der Waals surface area contributed by atoms with E-state index in [1.165, 1.54) is 6.33 Å². The summed E-state index contributed by atoms with van der Waals surface area (Å²) in [7, 11) is 0. The molecule has 1 unspecified atom stereocenters. The molecule has 18 heavy (non-hydrogen) atoms. The minimum absolute atomic E-state index is 0.578. The van der Waals surface area contributed by atoms with Gasteiger partial charge in [0.15, 0.2) is 5.82 Å². The number of nitrogens with one attached hydrogen (secondary N) is 1. The first kappa shape index (κ1) is 11.2. The van der Waals surface area contributed by atoms with Gasteiger partial charge in [-0.25, -0.2) is 14.6 Å². The van der Waals surface area contributed by atoms with Gasteiger partial charge in [0.05, 0.1) is 12.3 Å². The van der Waals surface area contributed by atoms with Gasteiger partial charge in [0.25, 0.3) is 0 Å². The van der Waals surface area contributed by atoms with Crippen LogP contribution < -0.4 is 5.32 Å². The summed E-state index contributed by atoms with van der Waals surface area (Å²) in [6.45, 7) is 2.61. The molecule has 1 N–H and O–H groups in total. The van der Waals surface area contributed by atoms with E-state index in [4.69, 9.17) is 4.74 Å². The van der Waals surface area contributed by atoms with Crippen LogP contribution in [0, 0.1) is 5.92 Å². The number of ether oxygens (including phenoxy) is 1. The Balaban J connectivity index is 1.75. The summed E-state index contributed by atoms with van der Waals surface area (Å²) < 4.78 is 7.03. The van der Waals surface area contributed by atoms with E-state index in [2.05, 4.69) is 20.4 Å². The molecule has 6 nitrogen and oxygen atoms in total. The normalized spacial score (nSPS) is 19.0. The van der Waals surface area contributed by atoms with Crippen molar-refractivity contribution in [1.82, 2.24) is 19.7 Å². The Labute approximate surface area is 105 Å². The van der Waals surface area contributed by atoms with E-state index in [0.29, 0.717) is 5.92 Å². The molecule has 1 fully saturated rings. The second kappa shape index (κ2) is 5.14. The molecule has 0 saturated carbocycles. The van der Waals surface area contributed by atoms with E-state index >= 15 is 0 Å². The molecule has 1 atom stereocenters. The van der Waals surface area contributed by atoms with Crippen molar-refractivity contribution in [3.63, 3.8) is 0 Å². The van der Waals surface area contributed by atoms with Gasteiger partial charge in [-0.2, -0.15) is 5.10 Å². The third-order valence-corrected chi connectivity index (χ3v) is 3.03. The molecule has 1 saturated heterocycles. The Morgan fingerprint density at radius 2 is 2.50 bits per heavy atom. The van der Waals surface area contributed by atoms with Crippen molar-refractivity contribution < 1.29 is 4.74 Å². The molecule has 1 aliphatic heterocycles. The van der Waals surface area contributed by atoms with Crippen LogP contribution in [0.15, 0.2) is 31.0 Å². The van der Waals surface area contributed by atoms with E-state index in [9.17, 15) is 0 Å². The Kier molecular flexibility index (Phi) is 3.18. The Bertz CT molecular complexity index is 493. The fourth-order valence-electron chi connectivity index (χ4n) is 2.03. The monoisotopic (exact) mass is 245 g/mol. The van der Waals surface area contributed by atoms with Gasteiger partial charge in [-0.15, -0.1) is 0 Å². The molecular formula is C12H15N5O. The Hall–Kier alpha value is -1.95. The smallest absolute Gasteiger partial charge is 0.178 e. The van der Waals surface area contributed by atoms with Crippen LogP contribution in [-0.4, -0.2) is 39.5 Å². The number of hydrogen-bond donors (Lipinski definition) is 1. The van der Waals surface area contributed by atoms with Crippen LogP contribution in [0.2, 0.25) is 0 Å². The van der Waals surface area contributed by atoms with E-state index in [1.54, 1.807) is 17.2 Å². The highest BCUT2D eigenvalue weighted by atomic mass is 16.5. The quantitative estimate of drug-likeness (QED) is 0.874. The second-order valence-electron chi connectivity index (χ2n) is 4.33. The number of hydrogen-bond acceptors (Lipinski definition) is 5. The van der Waals surface area contributed by atoms with Crippen LogP contribution in [0.4, 0.5) is 5.69 Å². The number of nitrogens with zero attached hydrogens (tertiary/aromatic N) is 4. The third kappa shape index (κ3) is 2.33. The number of anilines is 1. The predicted molar refractivity (Wildman–Crippen MR) is 66.6 cm³/mol. The number of rotatable bonds is 4. The molecule has 0 aromatic carbocycles. The fourth-order valence-corrected chi connectivity index (χ4v) is 2.03. The van der Waals surface area contributed by atoms with Crippen molar-refractivity contribution in [3.05, 3.63) is 31.0 Å². The molecule has 6 heteroatoms. The summed E-state index contributed by atoms with van der Waals surface area (Å²) >= 11 is 0. The Morgan fingerprint density at radius 3 is 3.28 bits per heavy atom. The first-order valence-electron chi connectivity index (χ1n) is 6.05. The van der Waals surface area contributed by atoms with Gasteiger partial charge in [0, 0.05) is 25.3 Å². The third-order valence-electron chi connectivity index (χ3n) is 3.03. The topological polar surface area (TPSA) is 64.9 Å². The summed E-state index contributed by atoms with van der Waals surface area (Å²) in [5, 5.41) is 7.52. The van der Waals surface area contributed by atoms with Gasteiger partial charge < -0.3 is 10.1 Å². The fraction of sp³-hybridized carbons (Fsp3) is 0.417. The summed E-state index contributed by atoms with van der Waals surface area (Å²) in [5.41, 5.74) is 0.968. The minimum atomic E-state index is 0.578. The van der Waals surface area contributed by atoms with Gasteiger partial charge in [-0.1, -0.05) is 0 Å². The van der Waals surface area contributed by atoms with Gasteiger partial charge in [0.1, 0.15) is 12.7 Å². The van der Waals surface area contributed by atoms with E-state index in [-0.39, 0.29) is 0 Å². The van der Waals surface area contributed by atoms with Gasteiger partial charge >= 0.3 is 0 Å². The highest BCUT2D eigenvalue weighted by Crippen LogP contribution is 2.18. The van der Waals surface area contributed by atoms with Crippen LogP contribution >= 0.6 is 0 Å². The van der Waals surface area contributed by atoms with E-state index in [0.717, 1.165) is 37.7 Å². The van der Waals surface area contributed by atoms with Crippen LogP contribution in [0.5, 0.6) is 0 Å². The maximum absolute atomic E-state index is 5.36. The van der Waals surface area contributed by atoms with Crippen LogP contribution in [-0.2, 0) is 4.74 Å². The second-order valence-corrected chi connectivity index (χ2v) is 4.33. The van der Waals surface area contributed by atoms with Gasteiger partial charge in [-0.3, -0.25) is 0 Å². The Morgan fingerprint density at radius 1 is 1.50 bits per heavy atom. The first-order chi connectivity index (χ1) is 8.93. The molecule has 2 aromatic rings. The number of aromatic nitrogens is 4. The van der Waals surface area contributed by atoms with Crippen LogP contribution in [0.25, 0.3) is 5.82 Å². The highest BCUT2D eigenvalue weighted by Gasteiger charge is 2.16. The van der Waals surface area contributed by atoms with Crippen molar-refractivity contribution in [1.29, 1.82) is 0 Å². The molecule has 0 radical (unpaired) electrons. The van der Waals surface area contributed by atoms with Crippen LogP contribution in [0.1, 0.15) is 6.42 Å². The minimum Gasteiger partial charge on any atom is -0.382 e. The molecule has 0 amide bonds. The average Bonchev–Trinajstić information content (AvgIpc) is 3.10. The first-order valence-corrected chi connectivity index (χ1v) is 6.05. The largest absolute Gasteiger partial charge is 0.382 e. The lowest BCUT2D eigenvalue weighted by molar-refractivity contribution is 0.187. The van der Waals surface area contributed by atoms with Gasteiger partial charge in [-0.05, 0) is 18.6 Å². The highest BCUT2D eigenvalue weighted by molar-refractivity contribution is 5.56. The zero-order valence-corrected chi connectivity index (χ0v) is 9.99. The van der Waals surface area contributed by atoms with Crippen molar-refractivity contribution in [2.45, 2.75) is 6.42 Å². The van der Waals surface area contributed by atoms with E-state index in [1.807, 2.05) is 12.1 Å². The summed E-state index contributed by atoms with van der Waals surface area (Å²) in [4.78, 5) is 8.27. The molecule has 2 aromatic heterocycles. The van der Waals surface area contributed by atoms with Crippen molar-refractivity contribution >= 4 is 5.69 Å². The maximum atomic E-state index is 5.36. The van der Waals surface area contributed by atoms with Gasteiger partial charge in [0.2, 0.25) is 0 Å². The zero-order valence-electron chi connectivity index (χ0n) is 9.99. The predicted octanol–water partition coefficient (Wildman–Crippen LogP) is 1.11. The van der Waals surface area contributed by atoms with Crippen LogP contribution in [0.3, 0.4) is 0 Å². The summed E-state index contributed by atoms with van der Waals surface area (Å²) in [6, 6.07) is 3.91. The number of pyridine rings is 1. The average molecular weight is 245 g/mol. The summed E-state index contributed by atoms with van der Waals surface area (Å²) in [6.07, 6.45) is 6.02. The molecule has 1 aliphatic rings. The van der Waals surface area contributed by atoms with Crippen molar-refractivity contribution in [2.24, 2.45) is 5.92 Å². The molecule has 3 rings (SSSR count).